The van der Waals surface area contributed by atoms with E-state index in [1.807, 2.05) is 29.2 Å². The Balaban J connectivity index is 1.68. The van der Waals surface area contributed by atoms with Gasteiger partial charge in [0.2, 0.25) is 0 Å². The molecule has 3 nitrogen and oxygen atoms in total. The molecule has 1 aromatic carbocycles. The Bertz CT molecular complexity index is 517. The van der Waals surface area contributed by atoms with Crippen molar-refractivity contribution in [2.45, 2.75) is 25.7 Å². The Hall–Kier alpha value is -1.77. The van der Waals surface area contributed by atoms with Gasteiger partial charge in [-0.25, -0.2) is 0 Å². The first-order valence-electron chi connectivity index (χ1n) is 6.91. The molecule has 1 saturated carbocycles. The summed E-state index contributed by atoms with van der Waals surface area (Å²) in [4.78, 5) is 14.4. The van der Waals surface area contributed by atoms with Gasteiger partial charge in [-0.3, -0.25) is 4.79 Å². The van der Waals surface area contributed by atoms with Gasteiger partial charge >= 0.3 is 0 Å². The van der Waals surface area contributed by atoms with Crippen molar-refractivity contribution in [3.8, 4) is 5.75 Å². The monoisotopic (exact) mass is 257 g/mol. The molecule has 0 spiro atoms. The van der Waals surface area contributed by atoms with Crippen molar-refractivity contribution < 1.29 is 9.53 Å². The zero-order chi connectivity index (χ0) is 13.2. The van der Waals surface area contributed by atoms with E-state index in [-0.39, 0.29) is 5.91 Å². The van der Waals surface area contributed by atoms with Crippen LogP contribution in [0.2, 0.25) is 0 Å². The molecule has 0 aromatic heterocycles. The van der Waals surface area contributed by atoms with Crippen LogP contribution in [0.3, 0.4) is 0 Å². The van der Waals surface area contributed by atoms with E-state index < -0.39 is 0 Å². The maximum Gasteiger partial charge on any atom is 0.254 e. The molecule has 0 atom stereocenters. The van der Waals surface area contributed by atoms with Gasteiger partial charge in [0.25, 0.3) is 5.91 Å². The summed E-state index contributed by atoms with van der Waals surface area (Å²) in [6.45, 7) is 1.71. The third-order valence-electron chi connectivity index (χ3n) is 3.97. The van der Waals surface area contributed by atoms with Crippen molar-refractivity contribution >= 4 is 5.91 Å². The van der Waals surface area contributed by atoms with Gasteiger partial charge in [0.05, 0.1) is 7.11 Å². The smallest absolute Gasteiger partial charge is 0.254 e. The minimum Gasteiger partial charge on any atom is -0.497 e. The molecule has 3 rings (SSSR count). The number of allylic oxidation sites excluding steroid dienone is 1. The van der Waals surface area contributed by atoms with Crippen LogP contribution < -0.4 is 4.74 Å². The van der Waals surface area contributed by atoms with Gasteiger partial charge < -0.3 is 9.64 Å². The first-order valence-corrected chi connectivity index (χ1v) is 6.91. The molecule has 1 aromatic rings. The number of benzene rings is 1. The molecule has 0 unspecified atom stereocenters. The van der Waals surface area contributed by atoms with E-state index in [4.69, 9.17) is 4.74 Å². The summed E-state index contributed by atoms with van der Waals surface area (Å²) in [6, 6.07) is 7.41. The molecule has 1 aliphatic heterocycles. The van der Waals surface area contributed by atoms with Crippen molar-refractivity contribution in [3.05, 3.63) is 41.0 Å². The highest BCUT2D eigenvalue weighted by Gasteiger charge is 2.24. The molecule has 1 saturated heterocycles. The van der Waals surface area contributed by atoms with Gasteiger partial charge in [-0.2, -0.15) is 0 Å². The highest BCUT2D eigenvalue weighted by Crippen LogP contribution is 2.36. The summed E-state index contributed by atoms with van der Waals surface area (Å²) in [5, 5.41) is 0. The van der Waals surface area contributed by atoms with E-state index in [2.05, 4.69) is 0 Å². The normalized spacial score (nSPS) is 18.5. The predicted octanol–water partition coefficient (Wildman–Crippen LogP) is 3.02. The molecule has 0 bridgehead atoms. The lowest BCUT2D eigenvalue weighted by molar-refractivity contribution is 0.0743. The SMILES string of the molecule is COc1cccc(C(=O)N2CCC(=C3CC3)CC2)c1. The fourth-order valence-corrected chi connectivity index (χ4v) is 2.69. The van der Waals surface area contributed by atoms with E-state index in [0.29, 0.717) is 0 Å². The van der Waals surface area contributed by atoms with Crippen LogP contribution in [0.1, 0.15) is 36.0 Å². The zero-order valence-corrected chi connectivity index (χ0v) is 11.3. The number of ether oxygens (including phenoxy) is 1. The summed E-state index contributed by atoms with van der Waals surface area (Å²) in [6.07, 6.45) is 4.70. The van der Waals surface area contributed by atoms with E-state index in [1.165, 1.54) is 12.8 Å². The van der Waals surface area contributed by atoms with E-state index in [9.17, 15) is 4.79 Å². The van der Waals surface area contributed by atoms with E-state index >= 15 is 0 Å². The van der Waals surface area contributed by atoms with Crippen LogP contribution in [0.5, 0.6) is 5.75 Å². The topological polar surface area (TPSA) is 29.5 Å². The van der Waals surface area contributed by atoms with Crippen LogP contribution in [0, 0.1) is 0 Å². The van der Waals surface area contributed by atoms with Gasteiger partial charge in [0.15, 0.2) is 0 Å². The molecule has 2 fully saturated rings. The van der Waals surface area contributed by atoms with Crippen LogP contribution in [0.4, 0.5) is 0 Å². The molecule has 0 radical (unpaired) electrons. The summed E-state index contributed by atoms with van der Waals surface area (Å²) in [7, 11) is 1.62. The standard InChI is InChI=1S/C16H19NO2/c1-19-15-4-2-3-14(11-15)16(18)17-9-7-13(8-10-17)12-5-6-12/h2-4,11H,5-10H2,1H3. The lowest BCUT2D eigenvalue weighted by atomic mass is 10.0. The average Bonchev–Trinajstić information content (AvgIpc) is 3.31. The maximum absolute atomic E-state index is 12.4. The number of amides is 1. The number of piperidine rings is 1. The second kappa shape index (κ2) is 5.08. The van der Waals surface area contributed by atoms with Gasteiger partial charge in [0, 0.05) is 18.7 Å². The van der Waals surface area contributed by atoms with Crippen LogP contribution >= 0.6 is 0 Å². The first-order chi connectivity index (χ1) is 9.28. The lowest BCUT2D eigenvalue weighted by Crippen LogP contribution is -2.36. The second-order valence-electron chi connectivity index (χ2n) is 5.23. The van der Waals surface area contributed by atoms with Crippen molar-refractivity contribution in [1.82, 2.24) is 4.90 Å². The van der Waals surface area contributed by atoms with Gasteiger partial charge in [0.1, 0.15) is 5.75 Å². The fraction of sp³-hybridized carbons (Fsp3) is 0.438. The summed E-state index contributed by atoms with van der Waals surface area (Å²) >= 11 is 0. The molecule has 1 heterocycles. The van der Waals surface area contributed by atoms with Crippen LogP contribution in [0.15, 0.2) is 35.4 Å². The maximum atomic E-state index is 12.4. The number of methoxy groups -OCH3 is 1. The second-order valence-corrected chi connectivity index (χ2v) is 5.23. The lowest BCUT2D eigenvalue weighted by Gasteiger charge is -2.28. The van der Waals surface area contributed by atoms with Crippen LogP contribution in [-0.2, 0) is 0 Å². The Kier molecular flexibility index (Phi) is 3.28. The Morgan fingerprint density at radius 2 is 1.79 bits per heavy atom. The van der Waals surface area contributed by atoms with Crippen molar-refractivity contribution in [2.24, 2.45) is 0 Å². The number of carbonyl (C=O) groups excluding carboxylic acids is 1. The molecule has 3 heteroatoms. The fourth-order valence-electron chi connectivity index (χ4n) is 2.69. The third kappa shape index (κ3) is 2.65. The van der Waals surface area contributed by atoms with E-state index in [1.54, 1.807) is 18.3 Å². The largest absolute Gasteiger partial charge is 0.497 e. The van der Waals surface area contributed by atoms with Crippen LogP contribution in [-0.4, -0.2) is 31.0 Å². The highest BCUT2D eigenvalue weighted by atomic mass is 16.5. The van der Waals surface area contributed by atoms with Crippen LogP contribution in [0.25, 0.3) is 0 Å². The first kappa shape index (κ1) is 12.3. The molecular weight excluding hydrogens is 238 g/mol. The number of rotatable bonds is 2. The zero-order valence-electron chi connectivity index (χ0n) is 11.3. The predicted molar refractivity (Wildman–Crippen MR) is 74.4 cm³/mol. The van der Waals surface area contributed by atoms with Gasteiger partial charge in [-0.05, 0) is 43.9 Å². The highest BCUT2D eigenvalue weighted by molar-refractivity contribution is 5.94. The molecule has 1 amide bonds. The van der Waals surface area contributed by atoms with Gasteiger partial charge in [-0.15, -0.1) is 0 Å². The quantitative estimate of drug-likeness (QED) is 0.762. The van der Waals surface area contributed by atoms with Crippen molar-refractivity contribution in [1.29, 1.82) is 0 Å². The Labute approximate surface area is 113 Å². The Morgan fingerprint density at radius 1 is 1.11 bits per heavy atom. The minimum atomic E-state index is 0.124. The number of hydrogen-bond donors (Lipinski definition) is 0. The molecule has 100 valence electrons. The summed E-state index contributed by atoms with van der Waals surface area (Å²) in [5.41, 5.74) is 3.98. The number of nitrogens with zero attached hydrogens (tertiary/aromatic N) is 1. The number of likely N-dealkylation sites (tertiary alicyclic amines) is 1. The average molecular weight is 257 g/mol. The number of hydrogen-bond acceptors (Lipinski definition) is 2. The van der Waals surface area contributed by atoms with E-state index in [0.717, 1.165) is 37.2 Å². The number of carbonyl (C=O) groups is 1. The van der Waals surface area contributed by atoms with Gasteiger partial charge in [-0.1, -0.05) is 17.2 Å². The van der Waals surface area contributed by atoms with Crippen molar-refractivity contribution in [3.63, 3.8) is 0 Å². The molecular formula is C16H19NO2. The van der Waals surface area contributed by atoms with Crippen molar-refractivity contribution in [2.75, 3.05) is 20.2 Å². The Morgan fingerprint density at radius 3 is 2.42 bits per heavy atom. The molecule has 2 aliphatic rings. The molecule has 0 N–H and O–H groups in total. The molecule has 19 heavy (non-hydrogen) atoms. The minimum absolute atomic E-state index is 0.124. The molecule has 1 aliphatic carbocycles. The summed E-state index contributed by atoms with van der Waals surface area (Å²) in [5.74, 6) is 0.863. The third-order valence-corrected chi connectivity index (χ3v) is 3.97. The summed E-state index contributed by atoms with van der Waals surface area (Å²) < 4.78 is 5.17.